The van der Waals surface area contributed by atoms with Gasteiger partial charge in [0.2, 0.25) is 0 Å². The Labute approximate surface area is 374 Å². The van der Waals surface area contributed by atoms with E-state index in [9.17, 15) is 0 Å². The van der Waals surface area contributed by atoms with Crippen LogP contribution in [0.4, 0.5) is 17.1 Å². The highest BCUT2D eigenvalue weighted by Gasteiger charge is 2.47. The fourth-order valence-electron chi connectivity index (χ4n) is 10.5. The predicted octanol–water partition coefficient (Wildman–Crippen LogP) is 16.8. The summed E-state index contributed by atoms with van der Waals surface area (Å²) in [4.78, 5) is 2.43. The second-order valence-electron chi connectivity index (χ2n) is 16.8. The summed E-state index contributed by atoms with van der Waals surface area (Å²) in [5.74, 6) is 0. The van der Waals surface area contributed by atoms with Crippen molar-refractivity contribution in [1.82, 2.24) is 0 Å². The van der Waals surface area contributed by atoms with Crippen LogP contribution < -0.4 is 4.90 Å². The molecule has 0 bridgehead atoms. The number of hydrogen-bond acceptors (Lipinski definition) is 1. The second-order valence-corrected chi connectivity index (χ2v) is 16.8. The van der Waals surface area contributed by atoms with Crippen LogP contribution in [0, 0.1) is 0 Å². The summed E-state index contributed by atoms with van der Waals surface area (Å²) in [5, 5.41) is 4.99. The van der Waals surface area contributed by atoms with E-state index in [2.05, 4.69) is 266 Å². The van der Waals surface area contributed by atoms with E-state index in [4.69, 9.17) is 0 Å². The highest BCUT2D eigenvalue weighted by molar-refractivity contribution is 6.00. The molecule has 1 aliphatic carbocycles. The summed E-state index contributed by atoms with van der Waals surface area (Å²) >= 11 is 0. The molecule has 11 aromatic rings. The van der Waals surface area contributed by atoms with Crippen LogP contribution in [0.1, 0.15) is 22.3 Å². The number of hydrogen-bond donors (Lipinski definition) is 0. The minimum absolute atomic E-state index is 0.573. The average Bonchev–Trinajstić information content (AvgIpc) is 3.68. The highest BCUT2D eigenvalue weighted by atomic mass is 15.1. The van der Waals surface area contributed by atoms with Crippen molar-refractivity contribution in [3.05, 3.63) is 283 Å². The number of anilines is 3. The molecule has 11 aromatic carbocycles. The van der Waals surface area contributed by atoms with Crippen molar-refractivity contribution in [2.75, 3.05) is 4.90 Å². The molecule has 0 aliphatic heterocycles. The number of rotatable bonds is 8. The van der Waals surface area contributed by atoms with Crippen LogP contribution in [0.15, 0.2) is 261 Å². The maximum absolute atomic E-state index is 2.47. The first-order valence-corrected chi connectivity index (χ1v) is 22.2. The van der Waals surface area contributed by atoms with Crippen molar-refractivity contribution in [3.8, 4) is 44.5 Å². The minimum atomic E-state index is -0.573. The normalized spacial score (nSPS) is 12.5. The molecule has 0 spiro atoms. The maximum Gasteiger partial charge on any atom is 0.0714 e. The molecule has 0 aromatic heterocycles. The van der Waals surface area contributed by atoms with Gasteiger partial charge in [0.25, 0.3) is 0 Å². The van der Waals surface area contributed by atoms with Gasteiger partial charge in [0, 0.05) is 17.1 Å². The Kier molecular flexibility index (Phi) is 9.13. The summed E-state index contributed by atoms with van der Waals surface area (Å²) in [6, 6.07) is 95.9. The quantitative estimate of drug-likeness (QED) is 0.148. The van der Waals surface area contributed by atoms with Crippen LogP contribution >= 0.6 is 0 Å². The Morgan fingerprint density at radius 2 is 0.688 bits per heavy atom. The lowest BCUT2D eigenvalue weighted by molar-refractivity contribution is 0.768. The van der Waals surface area contributed by atoms with Gasteiger partial charge in [0.1, 0.15) is 0 Å². The van der Waals surface area contributed by atoms with Gasteiger partial charge in [0.05, 0.1) is 5.41 Å². The number of fused-ring (bicyclic) bond motifs is 5. The monoisotopic (exact) mass is 813 g/mol. The fourth-order valence-corrected chi connectivity index (χ4v) is 10.5. The topological polar surface area (TPSA) is 3.24 Å². The van der Waals surface area contributed by atoms with E-state index in [0.29, 0.717) is 0 Å². The van der Waals surface area contributed by atoms with E-state index >= 15 is 0 Å². The zero-order valence-corrected chi connectivity index (χ0v) is 35.3. The third kappa shape index (κ3) is 6.08. The molecule has 0 heterocycles. The SMILES string of the molecule is c1ccc(-c2cccc3c2-c2ccc(N(c4ccc(-c5cccc6ccccc56)cc4)c4ccc(-c5cccc6ccccc56)cc4)cc2C3(c2ccccc2)c2ccccc2)cc1. The van der Waals surface area contributed by atoms with Crippen molar-refractivity contribution in [3.63, 3.8) is 0 Å². The van der Waals surface area contributed by atoms with E-state index in [-0.39, 0.29) is 0 Å². The molecule has 300 valence electrons. The molecule has 0 saturated carbocycles. The molecule has 0 atom stereocenters. The third-order valence-corrected chi connectivity index (χ3v) is 13.4. The Balaban J connectivity index is 1.08. The molecule has 0 fully saturated rings. The summed E-state index contributed by atoms with van der Waals surface area (Å²) in [7, 11) is 0. The van der Waals surface area contributed by atoms with Crippen molar-refractivity contribution in [2.24, 2.45) is 0 Å². The molecule has 1 nitrogen and oxygen atoms in total. The van der Waals surface area contributed by atoms with Crippen LogP contribution in [0.25, 0.3) is 66.1 Å². The van der Waals surface area contributed by atoms with Gasteiger partial charge in [-0.25, -0.2) is 0 Å². The zero-order valence-electron chi connectivity index (χ0n) is 35.3. The van der Waals surface area contributed by atoms with Crippen LogP contribution in [0.3, 0.4) is 0 Å². The lowest BCUT2D eigenvalue weighted by Crippen LogP contribution is -2.28. The van der Waals surface area contributed by atoms with E-state index in [1.807, 2.05) is 0 Å². The highest BCUT2D eigenvalue weighted by Crippen LogP contribution is 2.59. The molecule has 1 heteroatoms. The molecule has 0 unspecified atom stereocenters. The van der Waals surface area contributed by atoms with E-state index in [1.165, 1.54) is 88.3 Å². The Morgan fingerprint density at radius 1 is 0.266 bits per heavy atom. The van der Waals surface area contributed by atoms with Gasteiger partial charge in [-0.2, -0.15) is 0 Å². The molecule has 1 aliphatic rings. The molecular formula is C63H43N. The van der Waals surface area contributed by atoms with E-state index < -0.39 is 5.41 Å². The Bertz CT molecular complexity index is 3290. The largest absolute Gasteiger partial charge is 0.310 e. The summed E-state index contributed by atoms with van der Waals surface area (Å²) < 4.78 is 0. The average molecular weight is 814 g/mol. The van der Waals surface area contributed by atoms with E-state index in [1.54, 1.807) is 0 Å². The molecule has 12 rings (SSSR count). The lowest BCUT2D eigenvalue weighted by atomic mass is 9.67. The predicted molar refractivity (Wildman–Crippen MR) is 270 cm³/mol. The van der Waals surface area contributed by atoms with Gasteiger partial charge >= 0.3 is 0 Å². The van der Waals surface area contributed by atoms with Gasteiger partial charge in [0.15, 0.2) is 0 Å². The first kappa shape index (κ1) is 37.5. The zero-order chi connectivity index (χ0) is 42.5. The minimum Gasteiger partial charge on any atom is -0.310 e. The van der Waals surface area contributed by atoms with Crippen molar-refractivity contribution in [2.45, 2.75) is 5.41 Å². The van der Waals surface area contributed by atoms with Gasteiger partial charge in [-0.05, 0) is 125 Å². The first-order valence-electron chi connectivity index (χ1n) is 22.2. The van der Waals surface area contributed by atoms with Crippen LogP contribution in [0.5, 0.6) is 0 Å². The van der Waals surface area contributed by atoms with Gasteiger partial charge in [-0.1, -0.05) is 224 Å². The third-order valence-electron chi connectivity index (χ3n) is 13.4. The molecule has 0 radical (unpaired) electrons. The number of benzene rings is 11. The van der Waals surface area contributed by atoms with Crippen LogP contribution in [-0.2, 0) is 5.41 Å². The van der Waals surface area contributed by atoms with Gasteiger partial charge < -0.3 is 4.90 Å². The first-order chi connectivity index (χ1) is 31.8. The Hall–Kier alpha value is -8.26. The second kappa shape index (κ2) is 15.6. The van der Waals surface area contributed by atoms with Crippen LogP contribution in [0.2, 0.25) is 0 Å². The van der Waals surface area contributed by atoms with Crippen molar-refractivity contribution < 1.29 is 0 Å². The summed E-state index contributed by atoms with van der Waals surface area (Å²) in [5.41, 5.74) is 17.6. The lowest BCUT2D eigenvalue weighted by Gasteiger charge is -2.35. The molecule has 0 saturated heterocycles. The molecule has 0 amide bonds. The fraction of sp³-hybridized carbons (Fsp3) is 0.0159. The van der Waals surface area contributed by atoms with Gasteiger partial charge in [-0.15, -0.1) is 0 Å². The van der Waals surface area contributed by atoms with Crippen LogP contribution in [-0.4, -0.2) is 0 Å². The smallest absolute Gasteiger partial charge is 0.0714 e. The maximum atomic E-state index is 2.47. The van der Waals surface area contributed by atoms with Crippen molar-refractivity contribution in [1.29, 1.82) is 0 Å². The van der Waals surface area contributed by atoms with E-state index in [0.717, 1.165) is 17.1 Å². The summed E-state index contributed by atoms with van der Waals surface area (Å²) in [6.45, 7) is 0. The standard InChI is InChI=1S/C63H43N/c1-4-17-46(18-5-1)58-31-16-32-60-62(58)59-42-41-53(43-61(59)63(60,49-23-6-2-7-24-49)50-25-8-3-9-26-50)64(51-37-33-47(34-38-51)56-29-14-21-44-19-10-12-27-54(44)56)52-39-35-48(36-40-52)57-30-15-22-45-20-11-13-28-55(45)57/h1-43H. The van der Waals surface area contributed by atoms with Crippen molar-refractivity contribution >= 4 is 38.6 Å². The summed E-state index contributed by atoms with van der Waals surface area (Å²) in [6.07, 6.45) is 0. The Morgan fingerprint density at radius 3 is 1.23 bits per heavy atom. The molecule has 0 N–H and O–H groups in total. The van der Waals surface area contributed by atoms with Gasteiger partial charge in [-0.3, -0.25) is 0 Å². The molecular weight excluding hydrogens is 771 g/mol. The molecule has 64 heavy (non-hydrogen) atoms. The number of nitrogens with zero attached hydrogens (tertiary/aromatic N) is 1.